The number of carbonyl (C=O) groups is 2. The van der Waals surface area contributed by atoms with Gasteiger partial charge in [-0.1, -0.05) is 18.2 Å². The van der Waals surface area contributed by atoms with Crippen molar-refractivity contribution in [3.05, 3.63) is 90.1 Å². The smallest absolute Gasteiger partial charge is 0.339 e. The average molecular weight is 455 g/mol. The summed E-state index contributed by atoms with van der Waals surface area (Å²) in [4.78, 5) is 30.9. The first kappa shape index (κ1) is 22.1. The predicted molar refractivity (Wildman–Crippen MR) is 123 cm³/mol. The number of phenols is 1. The first-order valence-electron chi connectivity index (χ1n) is 9.91. The second kappa shape index (κ2) is 9.57. The van der Waals surface area contributed by atoms with Crippen molar-refractivity contribution in [3.8, 4) is 17.0 Å². The van der Waals surface area contributed by atoms with E-state index in [1.807, 2.05) is 12.1 Å². The summed E-state index contributed by atoms with van der Waals surface area (Å²) >= 11 is 0. The van der Waals surface area contributed by atoms with Crippen molar-refractivity contribution in [3.63, 3.8) is 0 Å². The maximum Gasteiger partial charge on any atom is 0.339 e. The zero-order chi connectivity index (χ0) is 24.1. The fourth-order valence-electron chi connectivity index (χ4n) is 3.04. The van der Waals surface area contributed by atoms with E-state index in [0.717, 1.165) is 0 Å². The van der Waals surface area contributed by atoms with Gasteiger partial charge in [-0.2, -0.15) is 5.11 Å². The molecule has 0 saturated heterocycles. The quantitative estimate of drug-likeness (QED) is 0.270. The number of carboxylic acids is 2. The predicted octanol–water partition coefficient (Wildman–Crippen LogP) is 5.40. The van der Waals surface area contributed by atoms with Gasteiger partial charge >= 0.3 is 11.9 Å². The number of rotatable bonds is 7. The minimum absolute atomic E-state index is 0.170. The Morgan fingerprint density at radius 3 is 2.35 bits per heavy atom. The van der Waals surface area contributed by atoms with Crippen LogP contribution in [0.3, 0.4) is 0 Å². The third kappa shape index (κ3) is 5.02. The molecule has 3 aromatic carbocycles. The van der Waals surface area contributed by atoms with E-state index in [4.69, 9.17) is 10.2 Å². The molecule has 0 aliphatic rings. The van der Waals surface area contributed by atoms with Gasteiger partial charge in [0.25, 0.3) is 0 Å². The Hall–Kier alpha value is -5.12. The topological polar surface area (TPSA) is 157 Å². The molecule has 0 aliphatic carbocycles. The van der Waals surface area contributed by atoms with Gasteiger partial charge in [-0.05, 0) is 54.6 Å². The minimum Gasteiger partial charge on any atom is -0.507 e. The molecule has 4 N–H and O–H groups in total. The van der Waals surface area contributed by atoms with Gasteiger partial charge in [0.2, 0.25) is 5.95 Å². The molecule has 34 heavy (non-hydrogen) atoms. The first-order valence-corrected chi connectivity index (χ1v) is 9.91. The third-order valence-electron chi connectivity index (χ3n) is 4.71. The molecular formula is C24H17N5O5. The van der Waals surface area contributed by atoms with Crippen LogP contribution in [-0.2, 0) is 0 Å². The summed E-state index contributed by atoms with van der Waals surface area (Å²) < 4.78 is 0. The highest BCUT2D eigenvalue weighted by Gasteiger charge is 2.11. The van der Waals surface area contributed by atoms with Gasteiger partial charge in [0.15, 0.2) is 0 Å². The number of anilines is 2. The highest BCUT2D eigenvalue weighted by molar-refractivity contribution is 5.91. The van der Waals surface area contributed by atoms with Crippen LogP contribution in [0.25, 0.3) is 11.3 Å². The van der Waals surface area contributed by atoms with Crippen molar-refractivity contribution in [1.29, 1.82) is 0 Å². The molecule has 0 spiro atoms. The molecule has 10 nitrogen and oxygen atoms in total. The molecular weight excluding hydrogens is 438 g/mol. The van der Waals surface area contributed by atoms with Crippen LogP contribution in [0.2, 0.25) is 0 Å². The van der Waals surface area contributed by atoms with Crippen molar-refractivity contribution >= 4 is 34.9 Å². The van der Waals surface area contributed by atoms with E-state index in [-0.39, 0.29) is 22.6 Å². The van der Waals surface area contributed by atoms with Crippen LogP contribution in [0.1, 0.15) is 20.7 Å². The molecule has 0 bridgehead atoms. The van der Waals surface area contributed by atoms with Crippen LogP contribution in [-0.4, -0.2) is 37.2 Å². The van der Waals surface area contributed by atoms with Crippen molar-refractivity contribution in [1.82, 2.24) is 9.97 Å². The van der Waals surface area contributed by atoms with Gasteiger partial charge in [0, 0.05) is 17.4 Å². The second-order valence-corrected chi connectivity index (χ2v) is 7.00. The lowest BCUT2D eigenvalue weighted by Gasteiger charge is -2.08. The number of hydrogen-bond donors (Lipinski definition) is 4. The summed E-state index contributed by atoms with van der Waals surface area (Å²) in [5.41, 5.74) is 2.50. The SMILES string of the molecule is O=C(O)c1ccc(Nc2nccc(-c3ccccc3N=Nc3ccc(O)c(C(=O)O)c3)n2)cc1. The lowest BCUT2D eigenvalue weighted by atomic mass is 10.1. The zero-order valence-electron chi connectivity index (χ0n) is 17.5. The fraction of sp³-hybridized carbons (Fsp3) is 0. The Kier molecular flexibility index (Phi) is 6.22. The molecule has 0 radical (unpaired) electrons. The molecule has 4 aromatic rings. The molecule has 0 fully saturated rings. The second-order valence-electron chi connectivity index (χ2n) is 7.00. The van der Waals surface area contributed by atoms with Crippen LogP contribution in [0.4, 0.5) is 23.0 Å². The highest BCUT2D eigenvalue weighted by Crippen LogP contribution is 2.31. The van der Waals surface area contributed by atoms with E-state index < -0.39 is 11.9 Å². The summed E-state index contributed by atoms with van der Waals surface area (Å²) in [7, 11) is 0. The molecule has 0 saturated carbocycles. The number of carboxylic acid groups (broad SMARTS) is 2. The van der Waals surface area contributed by atoms with E-state index >= 15 is 0 Å². The molecule has 10 heteroatoms. The first-order chi connectivity index (χ1) is 16.4. The van der Waals surface area contributed by atoms with E-state index in [1.165, 1.54) is 30.3 Å². The molecule has 1 heterocycles. The Morgan fingerprint density at radius 2 is 1.62 bits per heavy atom. The van der Waals surface area contributed by atoms with E-state index in [0.29, 0.717) is 28.6 Å². The normalized spacial score (nSPS) is 10.8. The van der Waals surface area contributed by atoms with Gasteiger partial charge in [0.05, 0.1) is 22.6 Å². The molecule has 0 atom stereocenters. The lowest BCUT2D eigenvalue weighted by molar-refractivity contribution is 0.0684. The van der Waals surface area contributed by atoms with Crippen molar-refractivity contribution in [2.45, 2.75) is 0 Å². The van der Waals surface area contributed by atoms with E-state index in [1.54, 1.807) is 36.5 Å². The maximum atomic E-state index is 11.2. The summed E-state index contributed by atoms with van der Waals surface area (Å²) in [5.74, 6) is -2.34. The highest BCUT2D eigenvalue weighted by atomic mass is 16.4. The van der Waals surface area contributed by atoms with Crippen LogP contribution < -0.4 is 5.32 Å². The number of aromatic carboxylic acids is 2. The van der Waals surface area contributed by atoms with E-state index in [2.05, 4.69) is 25.5 Å². The van der Waals surface area contributed by atoms with Gasteiger partial charge in [-0.3, -0.25) is 0 Å². The lowest BCUT2D eigenvalue weighted by Crippen LogP contribution is -1.99. The van der Waals surface area contributed by atoms with Crippen LogP contribution in [0.5, 0.6) is 5.75 Å². The van der Waals surface area contributed by atoms with E-state index in [9.17, 15) is 14.7 Å². The molecule has 168 valence electrons. The minimum atomic E-state index is -1.27. The van der Waals surface area contributed by atoms with Gasteiger partial charge in [-0.25, -0.2) is 19.6 Å². The molecule has 1 aromatic heterocycles. The summed E-state index contributed by atoms with van der Waals surface area (Å²) in [5, 5.41) is 39.2. The summed E-state index contributed by atoms with van der Waals surface area (Å²) in [6.45, 7) is 0. The van der Waals surface area contributed by atoms with Crippen LogP contribution in [0.15, 0.2) is 89.2 Å². The van der Waals surface area contributed by atoms with Crippen molar-refractivity contribution in [2.75, 3.05) is 5.32 Å². The third-order valence-corrected chi connectivity index (χ3v) is 4.71. The zero-order valence-corrected chi connectivity index (χ0v) is 17.5. The van der Waals surface area contributed by atoms with Crippen molar-refractivity contribution in [2.24, 2.45) is 10.2 Å². The molecule has 4 rings (SSSR count). The van der Waals surface area contributed by atoms with Crippen LogP contribution >= 0.6 is 0 Å². The standard InChI is InChI=1S/C24H17N5O5/c30-21-10-9-16(13-18(21)23(33)34)28-29-20-4-2-1-3-17(20)19-11-12-25-24(27-19)26-15-7-5-14(6-8-15)22(31)32/h1-13,30H,(H,31,32)(H,33,34)(H,25,26,27). The van der Waals surface area contributed by atoms with Crippen LogP contribution in [0, 0.1) is 0 Å². The number of benzene rings is 3. The number of aromatic hydroxyl groups is 1. The number of azo groups is 1. The van der Waals surface area contributed by atoms with Gasteiger partial charge in [0.1, 0.15) is 11.3 Å². The Labute approximate surface area is 192 Å². The maximum absolute atomic E-state index is 11.2. The Morgan fingerprint density at radius 1 is 0.853 bits per heavy atom. The molecule has 0 aliphatic heterocycles. The largest absolute Gasteiger partial charge is 0.507 e. The number of aromatic nitrogens is 2. The molecule has 0 amide bonds. The van der Waals surface area contributed by atoms with Crippen molar-refractivity contribution < 1.29 is 24.9 Å². The van der Waals surface area contributed by atoms with Gasteiger partial charge in [-0.15, -0.1) is 5.11 Å². The summed E-state index contributed by atoms with van der Waals surface area (Å²) in [6, 6.07) is 19.0. The fourth-order valence-corrected chi connectivity index (χ4v) is 3.04. The number of hydrogen-bond acceptors (Lipinski definition) is 8. The monoisotopic (exact) mass is 455 g/mol. The number of nitrogens with zero attached hydrogens (tertiary/aromatic N) is 4. The number of nitrogens with one attached hydrogen (secondary N) is 1. The Balaban J connectivity index is 1.60. The molecule has 0 unspecified atom stereocenters. The summed E-state index contributed by atoms with van der Waals surface area (Å²) in [6.07, 6.45) is 1.57. The Bertz CT molecular complexity index is 1400. The van der Waals surface area contributed by atoms with Gasteiger partial charge < -0.3 is 20.6 Å². The average Bonchev–Trinajstić information content (AvgIpc) is 2.84.